The number of halogens is 4. The second kappa shape index (κ2) is 8.41. The second-order valence-corrected chi connectivity index (χ2v) is 8.46. The first-order valence-corrected chi connectivity index (χ1v) is 9.93. The molecule has 0 N–H and O–H groups in total. The number of carbonyl (C=O) groups excluding carboxylic acids is 1. The van der Waals surface area contributed by atoms with E-state index in [1.165, 1.54) is 21.4 Å². The maximum atomic E-state index is 14.6. The van der Waals surface area contributed by atoms with Crippen molar-refractivity contribution in [2.24, 2.45) is 0 Å². The zero-order valence-corrected chi connectivity index (χ0v) is 17.3. The zero-order valence-electron chi connectivity index (χ0n) is 16.5. The average Bonchev–Trinajstić information content (AvgIpc) is 3.34. The number of tetrazole rings is 1. The number of hydrogen-bond donors (Lipinski definition) is 0. The van der Waals surface area contributed by atoms with Crippen LogP contribution in [0, 0.1) is 0 Å². The van der Waals surface area contributed by atoms with Gasteiger partial charge in [0.25, 0.3) is 6.43 Å². The molecular weight excluding hydrogens is 430 g/mol. The minimum atomic E-state index is -3.12. The largest absolute Gasteiger partial charge is 0.444 e. The van der Waals surface area contributed by atoms with Crippen LogP contribution < -0.4 is 0 Å². The van der Waals surface area contributed by atoms with Crippen LogP contribution in [0.2, 0.25) is 0 Å². The first-order valence-electron chi connectivity index (χ1n) is 9.05. The van der Waals surface area contributed by atoms with Crippen molar-refractivity contribution in [2.75, 3.05) is 26.2 Å². The van der Waals surface area contributed by atoms with Crippen LogP contribution >= 0.6 is 11.3 Å². The SMILES string of the molecule is CC(C)(C)OC(=O)N1CCN(C(c2nnn(C(F)F)n2)(c2nccs2)C(F)F)CC1. The molecule has 9 nitrogen and oxygen atoms in total. The van der Waals surface area contributed by atoms with Crippen LogP contribution in [0.1, 0.15) is 38.2 Å². The van der Waals surface area contributed by atoms with Crippen LogP contribution in [0.25, 0.3) is 0 Å². The predicted octanol–water partition coefficient (Wildman–Crippen LogP) is 2.59. The number of piperazine rings is 1. The molecule has 0 spiro atoms. The maximum absolute atomic E-state index is 14.6. The van der Waals surface area contributed by atoms with Gasteiger partial charge in [-0.1, -0.05) is 4.80 Å². The van der Waals surface area contributed by atoms with E-state index in [1.807, 2.05) is 0 Å². The van der Waals surface area contributed by atoms with Crippen molar-refractivity contribution in [2.45, 2.75) is 44.9 Å². The minimum Gasteiger partial charge on any atom is -0.444 e. The highest BCUT2D eigenvalue weighted by molar-refractivity contribution is 7.09. The molecule has 1 aliphatic heterocycles. The van der Waals surface area contributed by atoms with E-state index in [0.717, 1.165) is 11.3 Å². The number of nitrogens with zero attached hydrogens (tertiary/aromatic N) is 7. The average molecular weight is 451 g/mol. The number of carbonyl (C=O) groups is 1. The monoisotopic (exact) mass is 451 g/mol. The third kappa shape index (κ3) is 4.24. The fourth-order valence-electron chi connectivity index (χ4n) is 3.14. The summed E-state index contributed by atoms with van der Waals surface area (Å²) in [6.07, 6.45) is -2.31. The van der Waals surface area contributed by atoms with Crippen LogP contribution in [-0.4, -0.2) is 79.3 Å². The Labute approximate surface area is 173 Å². The Bertz CT molecular complexity index is 850. The number of rotatable bonds is 5. The first kappa shape index (κ1) is 22.3. The van der Waals surface area contributed by atoms with Crippen LogP contribution in [-0.2, 0) is 10.3 Å². The number of thiazole rings is 1. The maximum Gasteiger partial charge on any atom is 0.410 e. The Morgan fingerprint density at radius 3 is 2.30 bits per heavy atom. The van der Waals surface area contributed by atoms with E-state index in [-0.39, 0.29) is 36.0 Å². The molecule has 0 bridgehead atoms. The molecule has 0 saturated carbocycles. The van der Waals surface area contributed by atoms with Gasteiger partial charge < -0.3 is 9.64 Å². The number of hydrogen-bond acceptors (Lipinski definition) is 8. The molecule has 3 rings (SSSR count). The predicted molar refractivity (Wildman–Crippen MR) is 97.3 cm³/mol. The molecule has 1 unspecified atom stereocenters. The third-order valence-electron chi connectivity index (χ3n) is 4.45. The lowest BCUT2D eigenvalue weighted by Crippen LogP contribution is -2.60. The lowest BCUT2D eigenvalue weighted by molar-refractivity contribution is -0.0606. The Morgan fingerprint density at radius 1 is 1.17 bits per heavy atom. The summed E-state index contributed by atoms with van der Waals surface area (Å²) in [6.45, 7) is 2.26. The Balaban J connectivity index is 1.92. The van der Waals surface area contributed by atoms with Gasteiger partial charge in [0.1, 0.15) is 10.6 Å². The molecule has 14 heteroatoms. The molecule has 1 aliphatic rings. The van der Waals surface area contributed by atoms with Gasteiger partial charge in [-0.2, -0.15) is 8.78 Å². The summed E-state index contributed by atoms with van der Waals surface area (Å²) >= 11 is 0.937. The van der Waals surface area contributed by atoms with Gasteiger partial charge in [-0.05, 0) is 26.0 Å². The molecule has 1 fully saturated rings. The van der Waals surface area contributed by atoms with E-state index in [1.54, 1.807) is 20.8 Å². The zero-order chi connectivity index (χ0) is 22.1. The van der Waals surface area contributed by atoms with Gasteiger partial charge in [0.15, 0.2) is 5.54 Å². The molecule has 166 valence electrons. The van der Waals surface area contributed by atoms with Crippen LogP contribution in [0.15, 0.2) is 11.6 Å². The van der Waals surface area contributed by atoms with E-state index < -0.39 is 36.0 Å². The van der Waals surface area contributed by atoms with Crippen molar-refractivity contribution in [1.82, 2.24) is 35.0 Å². The van der Waals surface area contributed by atoms with Gasteiger partial charge in [-0.15, -0.1) is 21.5 Å². The summed E-state index contributed by atoms with van der Waals surface area (Å²) in [4.78, 5) is 19.0. The molecule has 0 radical (unpaired) electrons. The number of aromatic nitrogens is 5. The van der Waals surface area contributed by atoms with Crippen molar-refractivity contribution in [3.63, 3.8) is 0 Å². The number of ether oxygens (including phenoxy) is 1. The van der Waals surface area contributed by atoms with Gasteiger partial charge >= 0.3 is 12.6 Å². The van der Waals surface area contributed by atoms with E-state index in [2.05, 4.69) is 20.4 Å². The standard InChI is InChI=1S/C16H21F4N7O2S/c1-15(2,3)29-14(28)25-5-7-26(8-6-25)16(10(17)18,12-21-4-9-30-12)11-22-24-27(23-11)13(19)20/h4,9-10,13H,5-8H2,1-3H3. The highest BCUT2D eigenvalue weighted by atomic mass is 32.1. The summed E-state index contributed by atoms with van der Waals surface area (Å²) in [6, 6.07) is 0. The van der Waals surface area contributed by atoms with Crippen molar-refractivity contribution >= 4 is 17.4 Å². The lowest BCUT2D eigenvalue weighted by Gasteiger charge is -2.44. The third-order valence-corrected chi connectivity index (χ3v) is 5.35. The highest BCUT2D eigenvalue weighted by Crippen LogP contribution is 2.41. The summed E-state index contributed by atoms with van der Waals surface area (Å²) < 4.78 is 60.4. The van der Waals surface area contributed by atoms with Crippen LogP contribution in [0.4, 0.5) is 22.4 Å². The summed E-state index contributed by atoms with van der Waals surface area (Å²) in [5.41, 5.74) is -2.96. The van der Waals surface area contributed by atoms with Gasteiger partial charge in [0.05, 0.1) is 0 Å². The summed E-state index contributed by atoms with van der Waals surface area (Å²) in [7, 11) is 0. The van der Waals surface area contributed by atoms with Crippen molar-refractivity contribution in [3.05, 3.63) is 22.4 Å². The number of amides is 1. The van der Waals surface area contributed by atoms with Crippen LogP contribution in [0.5, 0.6) is 0 Å². The van der Waals surface area contributed by atoms with E-state index >= 15 is 0 Å². The van der Waals surface area contributed by atoms with Gasteiger partial charge in [-0.25, -0.2) is 18.6 Å². The van der Waals surface area contributed by atoms with Crippen molar-refractivity contribution < 1.29 is 27.1 Å². The molecule has 3 heterocycles. The summed E-state index contributed by atoms with van der Waals surface area (Å²) in [5, 5.41) is 11.7. The fraction of sp³-hybridized carbons (Fsp3) is 0.688. The van der Waals surface area contributed by atoms with Crippen molar-refractivity contribution in [1.29, 1.82) is 0 Å². The first-order chi connectivity index (χ1) is 14.1. The normalized spacial score (nSPS) is 18.1. The van der Waals surface area contributed by atoms with E-state index in [4.69, 9.17) is 4.74 Å². The van der Waals surface area contributed by atoms with Gasteiger partial charge in [0, 0.05) is 37.8 Å². The quantitative estimate of drug-likeness (QED) is 0.646. The van der Waals surface area contributed by atoms with E-state index in [0.29, 0.717) is 0 Å². The van der Waals surface area contributed by atoms with Gasteiger partial charge in [-0.3, -0.25) is 4.90 Å². The summed E-state index contributed by atoms with van der Waals surface area (Å²) in [5.74, 6) is -0.571. The topological polar surface area (TPSA) is 89.3 Å². The highest BCUT2D eigenvalue weighted by Gasteiger charge is 2.55. The molecule has 0 aromatic carbocycles. The molecule has 30 heavy (non-hydrogen) atoms. The van der Waals surface area contributed by atoms with E-state index in [9.17, 15) is 22.4 Å². The molecule has 1 atom stereocenters. The lowest BCUT2D eigenvalue weighted by atomic mass is 9.96. The minimum absolute atomic E-state index is 0.00633. The Kier molecular flexibility index (Phi) is 6.26. The smallest absolute Gasteiger partial charge is 0.410 e. The Morgan fingerprint density at radius 2 is 1.83 bits per heavy atom. The fourth-order valence-corrected chi connectivity index (χ4v) is 4.00. The van der Waals surface area contributed by atoms with Crippen molar-refractivity contribution in [3.8, 4) is 0 Å². The molecule has 0 aliphatic carbocycles. The number of alkyl halides is 4. The van der Waals surface area contributed by atoms with Gasteiger partial charge in [0.2, 0.25) is 5.82 Å². The molecule has 2 aromatic rings. The second-order valence-electron chi connectivity index (χ2n) is 7.57. The van der Waals surface area contributed by atoms with Crippen LogP contribution in [0.3, 0.4) is 0 Å². The Hall–Kier alpha value is -2.35. The molecule has 1 amide bonds. The molecular formula is C16H21F4N7O2S. The molecule has 1 saturated heterocycles. The molecule has 2 aromatic heterocycles.